The second-order valence-electron chi connectivity index (χ2n) is 5.67. The topological polar surface area (TPSA) is 46.8 Å². The number of fused-ring (bicyclic) bond motifs is 1. The van der Waals surface area contributed by atoms with Gasteiger partial charge in [-0.2, -0.15) is 0 Å². The van der Waals surface area contributed by atoms with E-state index in [1.807, 2.05) is 11.8 Å². The molecule has 1 saturated heterocycles. The lowest BCUT2D eigenvalue weighted by Gasteiger charge is -2.31. The van der Waals surface area contributed by atoms with E-state index in [1.165, 1.54) is 10.5 Å². The summed E-state index contributed by atoms with van der Waals surface area (Å²) >= 11 is 1.75. The second-order valence-corrected chi connectivity index (χ2v) is 6.53. The number of nitrogens with zero attached hydrogens (tertiary/aromatic N) is 3. The van der Waals surface area contributed by atoms with E-state index in [0.717, 1.165) is 37.4 Å². The molecule has 0 spiro atoms. The van der Waals surface area contributed by atoms with Gasteiger partial charge in [0.05, 0.1) is 5.69 Å². The Bertz CT molecular complexity index is 661. The van der Waals surface area contributed by atoms with Gasteiger partial charge in [-0.3, -0.25) is 9.20 Å². The molecule has 1 amide bonds. The molecule has 0 unspecified atom stereocenters. The molecule has 2 aromatic heterocycles. The van der Waals surface area contributed by atoms with Crippen molar-refractivity contribution in [3.8, 4) is 0 Å². The van der Waals surface area contributed by atoms with Gasteiger partial charge in [0, 0.05) is 37.2 Å². The van der Waals surface area contributed by atoms with Gasteiger partial charge in [-0.05, 0) is 26.7 Å². The molecule has 0 aromatic carbocycles. The fourth-order valence-corrected chi connectivity index (χ4v) is 4.27. The van der Waals surface area contributed by atoms with Gasteiger partial charge in [-0.25, -0.2) is 4.98 Å². The summed E-state index contributed by atoms with van der Waals surface area (Å²) in [5.41, 5.74) is 2.38. The van der Waals surface area contributed by atoms with Crippen molar-refractivity contribution >= 4 is 22.1 Å². The molecule has 6 heteroatoms. The number of thiazole rings is 1. The lowest BCUT2D eigenvalue weighted by Crippen LogP contribution is -2.41. The molecule has 1 fully saturated rings. The average molecular weight is 307 g/mol. The zero-order valence-electron chi connectivity index (χ0n) is 12.8. The fraction of sp³-hybridized carbons (Fsp3) is 0.600. The van der Waals surface area contributed by atoms with Crippen LogP contribution in [-0.4, -0.2) is 47.0 Å². The van der Waals surface area contributed by atoms with Crippen LogP contribution in [0.4, 0.5) is 0 Å². The molecule has 3 rings (SSSR count). The molecule has 1 atom stereocenters. The predicted octanol–water partition coefficient (Wildman–Crippen LogP) is 2.37. The first-order valence-corrected chi connectivity index (χ1v) is 8.19. The highest BCUT2D eigenvalue weighted by atomic mass is 32.1. The number of methoxy groups -OCH3 is 1. The normalized spacial score (nSPS) is 19.4. The Hall–Kier alpha value is -1.40. The molecule has 1 aliphatic heterocycles. The minimum absolute atomic E-state index is 0.0803. The third-order valence-corrected chi connectivity index (χ3v) is 5.22. The van der Waals surface area contributed by atoms with E-state index in [2.05, 4.69) is 16.7 Å². The second kappa shape index (κ2) is 5.77. The highest BCUT2D eigenvalue weighted by Gasteiger charge is 2.28. The summed E-state index contributed by atoms with van der Waals surface area (Å²) in [6.45, 7) is 5.91. The highest BCUT2D eigenvalue weighted by Crippen LogP contribution is 2.33. The Labute approximate surface area is 128 Å². The van der Waals surface area contributed by atoms with Crippen LogP contribution in [0.5, 0.6) is 0 Å². The largest absolute Gasteiger partial charge is 0.375 e. The smallest absolute Gasteiger partial charge is 0.248 e. The van der Waals surface area contributed by atoms with Gasteiger partial charge in [0.25, 0.3) is 0 Å². The van der Waals surface area contributed by atoms with E-state index in [-0.39, 0.29) is 12.5 Å². The van der Waals surface area contributed by atoms with Crippen LogP contribution in [0.2, 0.25) is 0 Å². The fourth-order valence-electron chi connectivity index (χ4n) is 3.16. The molecule has 114 valence electrons. The number of rotatable bonds is 3. The summed E-state index contributed by atoms with van der Waals surface area (Å²) in [4.78, 5) is 20.0. The molecule has 0 N–H and O–H groups in total. The van der Waals surface area contributed by atoms with Crippen molar-refractivity contribution in [3.05, 3.63) is 22.6 Å². The predicted molar refractivity (Wildman–Crippen MR) is 83.0 cm³/mol. The zero-order valence-corrected chi connectivity index (χ0v) is 13.6. The standard InChI is InChI=1S/C15H21N3O2S/c1-10-9-21-15-14(16-11(2)18(10)15)12-5-4-6-17(7-12)13(19)8-20-3/h9,12H,4-8H2,1-3H3/t12-/m0/s1. The molecule has 21 heavy (non-hydrogen) atoms. The van der Waals surface area contributed by atoms with Crippen molar-refractivity contribution in [2.75, 3.05) is 26.8 Å². The monoisotopic (exact) mass is 307 g/mol. The molecule has 5 nitrogen and oxygen atoms in total. The number of ether oxygens (including phenoxy) is 1. The van der Waals surface area contributed by atoms with Crippen LogP contribution in [0.3, 0.4) is 0 Å². The average Bonchev–Trinajstić information content (AvgIpc) is 3.01. The van der Waals surface area contributed by atoms with Crippen LogP contribution in [-0.2, 0) is 9.53 Å². The van der Waals surface area contributed by atoms with E-state index in [4.69, 9.17) is 9.72 Å². The minimum atomic E-state index is 0.0803. The van der Waals surface area contributed by atoms with Gasteiger partial charge in [0.2, 0.25) is 5.91 Å². The first-order chi connectivity index (χ1) is 10.1. The van der Waals surface area contributed by atoms with Crippen molar-refractivity contribution in [1.82, 2.24) is 14.3 Å². The lowest BCUT2D eigenvalue weighted by molar-refractivity contribution is -0.136. The number of aromatic nitrogens is 2. The van der Waals surface area contributed by atoms with Crippen molar-refractivity contribution in [3.63, 3.8) is 0 Å². The van der Waals surface area contributed by atoms with Gasteiger partial charge < -0.3 is 9.64 Å². The SMILES string of the molecule is COCC(=O)N1CCC[C@H](c2nc(C)n3c(C)csc23)C1. The summed E-state index contributed by atoms with van der Waals surface area (Å²) in [5.74, 6) is 1.46. The molecule has 2 aromatic rings. The molecular weight excluding hydrogens is 286 g/mol. The summed E-state index contributed by atoms with van der Waals surface area (Å²) in [6.07, 6.45) is 2.13. The maximum Gasteiger partial charge on any atom is 0.248 e. The molecule has 0 saturated carbocycles. The molecular formula is C15H21N3O2S. The Morgan fingerprint density at radius 1 is 1.52 bits per heavy atom. The summed E-state index contributed by atoms with van der Waals surface area (Å²) in [6, 6.07) is 0. The quantitative estimate of drug-likeness (QED) is 0.874. The summed E-state index contributed by atoms with van der Waals surface area (Å²) in [7, 11) is 1.57. The van der Waals surface area contributed by atoms with Crippen LogP contribution in [0.1, 0.15) is 36.0 Å². The maximum atomic E-state index is 12.0. The number of likely N-dealkylation sites (tertiary alicyclic amines) is 1. The highest BCUT2D eigenvalue weighted by molar-refractivity contribution is 7.15. The summed E-state index contributed by atoms with van der Waals surface area (Å²) in [5, 5.41) is 2.17. The van der Waals surface area contributed by atoms with E-state index >= 15 is 0 Å². The molecule has 3 heterocycles. The number of piperidine rings is 1. The molecule has 0 radical (unpaired) electrons. The van der Waals surface area contributed by atoms with Crippen LogP contribution in [0.15, 0.2) is 5.38 Å². The number of aryl methyl sites for hydroxylation is 2. The first-order valence-electron chi connectivity index (χ1n) is 7.31. The third-order valence-electron chi connectivity index (χ3n) is 4.15. The number of carbonyl (C=O) groups excluding carboxylic acids is 1. The molecule has 0 bridgehead atoms. The zero-order chi connectivity index (χ0) is 15.0. The molecule has 0 aliphatic carbocycles. The van der Waals surface area contributed by atoms with Gasteiger partial charge >= 0.3 is 0 Å². The lowest BCUT2D eigenvalue weighted by atomic mass is 9.95. The number of carbonyl (C=O) groups is 1. The van der Waals surface area contributed by atoms with E-state index in [9.17, 15) is 4.79 Å². The minimum Gasteiger partial charge on any atom is -0.375 e. The van der Waals surface area contributed by atoms with Crippen LogP contribution >= 0.6 is 11.3 Å². The van der Waals surface area contributed by atoms with E-state index in [0.29, 0.717) is 5.92 Å². The third kappa shape index (κ3) is 2.58. The van der Waals surface area contributed by atoms with Gasteiger partial charge in [-0.1, -0.05) is 0 Å². The summed E-state index contributed by atoms with van der Waals surface area (Å²) < 4.78 is 7.18. The maximum absolute atomic E-state index is 12.0. The number of hydrogen-bond acceptors (Lipinski definition) is 4. The van der Waals surface area contributed by atoms with Crippen molar-refractivity contribution in [2.24, 2.45) is 0 Å². The first kappa shape index (κ1) is 14.5. The van der Waals surface area contributed by atoms with Crippen LogP contribution < -0.4 is 0 Å². The Kier molecular flexibility index (Phi) is 3.99. The Balaban J connectivity index is 1.87. The van der Waals surface area contributed by atoms with Gasteiger partial charge in [0.15, 0.2) is 0 Å². The van der Waals surface area contributed by atoms with E-state index in [1.54, 1.807) is 18.4 Å². The van der Waals surface area contributed by atoms with Crippen molar-refractivity contribution in [2.45, 2.75) is 32.6 Å². The van der Waals surface area contributed by atoms with E-state index < -0.39 is 0 Å². The number of amides is 1. The number of imidazole rings is 1. The number of hydrogen-bond donors (Lipinski definition) is 0. The van der Waals surface area contributed by atoms with Crippen LogP contribution in [0.25, 0.3) is 4.83 Å². The van der Waals surface area contributed by atoms with Crippen molar-refractivity contribution < 1.29 is 9.53 Å². The Morgan fingerprint density at radius 3 is 3.10 bits per heavy atom. The molecule has 1 aliphatic rings. The van der Waals surface area contributed by atoms with Crippen molar-refractivity contribution in [1.29, 1.82) is 0 Å². The van der Waals surface area contributed by atoms with Crippen LogP contribution in [0, 0.1) is 13.8 Å². The van der Waals surface area contributed by atoms with Gasteiger partial charge in [-0.15, -0.1) is 11.3 Å². The Morgan fingerprint density at radius 2 is 2.33 bits per heavy atom. The van der Waals surface area contributed by atoms with Gasteiger partial charge in [0.1, 0.15) is 17.3 Å².